The number of aliphatic hydroxyl groups excluding tert-OH is 1. The van der Waals surface area contributed by atoms with E-state index in [1.807, 2.05) is 13.0 Å². The molecule has 34 heavy (non-hydrogen) atoms. The molecule has 0 amide bonds. The van der Waals surface area contributed by atoms with E-state index in [4.69, 9.17) is 0 Å². The lowest BCUT2D eigenvalue weighted by Gasteiger charge is -2.70. The lowest BCUT2D eigenvalue weighted by molar-refractivity contribution is -0.321. The van der Waals surface area contributed by atoms with E-state index in [0.717, 1.165) is 44.9 Å². The lowest BCUT2D eigenvalue weighted by atomic mass is 9.33. The van der Waals surface area contributed by atoms with Crippen LogP contribution in [0.1, 0.15) is 106 Å². The van der Waals surface area contributed by atoms with Crippen molar-refractivity contribution in [1.29, 1.82) is 0 Å². The SMILES string of the molecule is CC1(C)C(O)CC[C@@]2(C)C1CC[C@]1(C)C2C(=O)C=C2C3C[C@@](C)(C(=O)[O-])CC[C@]3(C)CC[C@]21C. The molecule has 4 saturated carbocycles. The number of ketones is 1. The molecule has 0 radical (unpaired) electrons. The van der Waals surface area contributed by atoms with Gasteiger partial charge in [-0.1, -0.05) is 54.0 Å². The van der Waals surface area contributed by atoms with Crippen LogP contribution in [0, 0.1) is 50.2 Å². The average molecular weight is 470 g/mol. The van der Waals surface area contributed by atoms with Gasteiger partial charge in [0.05, 0.1) is 6.10 Å². The summed E-state index contributed by atoms with van der Waals surface area (Å²) in [6, 6.07) is 0. The second-order valence-corrected chi connectivity index (χ2v) is 14.9. The third-order valence-electron chi connectivity index (χ3n) is 13.0. The van der Waals surface area contributed by atoms with Crippen molar-refractivity contribution >= 4 is 11.8 Å². The van der Waals surface area contributed by atoms with Crippen LogP contribution < -0.4 is 5.11 Å². The highest BCUT2D eigenvalue weighted by Crippen LogP contribution is 2.75. The van der Waals surface area contributed by atoms with Crippen LogP contribution in [0.5, 0.6) is 0 Å². The van der Waals surface area contributed by atoms with Gasteiger partial charge in [0.2, 0.25) is 0 Å². The molecule has 0 aromatic heterocycles. The van der Waals surface area contributed by atoms with Gasteiger partial charge in [-0.15, -0.1) is 0 Å². The van der Waals surface area contributed by atoms with Crippen LogP contribution in [0.15, 0.2) is 11.6 Å². The number of carbonyl (C=O) groups excluding carboxylic acids is 2. The van der Waals surface area contributed by atoms with Crippen molar-refractivity contribution in [2.24, 2.45) is 50.2 Å². The number of aliphatic carboxylic acids is 1. The van der Waals surface area contributed by atoms with Gasteiger partial charge in [-0.05, 0) is 103 Å². The van der Waals surface area contributed by atoms with Gasteiger partial charge in [0.15, 0.2) is 5.78 Å². The Hall–Kier alpha value is -1.16. The largest absolute Gasteiger partial charge is 0.550 e. The molecule has 0 spiro atoms. The van der Waals surface area contributed by atoms with E-state index < -0.39 is 11.4 Å². The van der Waals surface area contributed by atoms with Gasteiger partial charge in [0.1, 0.15) is 0 Å². The molecule has 0 bridgehead atoms. The monoisotopic (exact) mass is 469 g/mol. The second kappa shape index (κ2) is 6.99. The minimum absolute atomic E-state index is 0.0419. The Labute approximate surface area is 206 Å². The summed E-state index contributed by atoms with van der Waals surface area (Å²) >= 11 is 0. The molecule has 190 valence electrons. The molecule has 1 N–H and O–H groups in total. The van der Waals surface area contributed by atoms with Crippen molar-refractivity contribution in [3.8, 4) is 0 Å². The van der Waals surface area contributed by atoms with Crippen LogP contribution in [0.3, 0.4) is 0 Å². The van der Waals surface area contributed by atoms with Gasteiger partial charge < -0.3 is 15.0 Å². The zero-order valence-electron chi connectivity index (χ0n) is 22.4. The molecular weight excluding hydrogens is 424 g/mol. The molecule has 4 fully saturated rings. The number of carboxylic acid groups (broad SMARTS) is 1. The Morgan fingerprint density at radius 3 is 2.24 bits per heavy atom. The van der Waals surface area contributed by atoms with Crippen molar-refractivity contribution in [2.45, 2.75) is 112 Å². The van der Waals surface area contributed by atoms with E-state index in [0.29, 0.717) is 18.8 Å². The fourth-order valence-electron chi connectivity index (χ4n) is 10.4. The Morgan fingerprint density at radius 1 is 0.941 bits per heavy atom. The first kappa shape index (κ1) is 24.5. The molecule has 5 rings (SSSR count). The average Bonchev–Trinajstić information content (AvgIpc) is 2.73. The van der Waals surface area contributed by atoms with Crippen molar-refractivity contribution in [2.75, 3.05) is 0 Å². The van der Waals surface area contributed by atoms with Gasteiger partial charge >= 0.3 is 0 Å². The van der Waals surface area contributed by atoms with Gasteiger partial charge in [0.25, 0.3) is 0 Å². The lowest BCUT2D eigenvalue weighted by Crippen LogP contribution is -2.66. The molecule has 4 unspecified atom stereocenters. The molecule has 4 nitrogen and oxygen atoms in total. The first-order valence-electron chi connectivity index (χ1n) is 13.7. The smallest absolute Gasteiger partial charge is 0.159 e. The number of fused-ring (bicyclic) bond motifs is 7. The van der Waals surface area contributed by atoms with Gasteiger partial charge in [-0.25, -0.2) is 0 Å². The van der Waals surface area contributed by atoms with Crippen LogP contribution in [-0.2, 0) is 9.59 Å². The summed E-state index contributed by atoms with van der Waals surface area (Å²) < 4.78 is 0. The molecule has 4 heteroatoms. The van der Waals surface area contributed by atoms with E-state index in [-0.39, 0.29) is 50.8 Å². The normalized spacial score (nSPS) is 54.1. The summed E-state index contributed by atoms with van der Waals surface area (Å²) in [6.07, 6.45) is 9.69. The molecule has 5 aliphatic carbocycles. The number of carboxylic acids is 1. The number of allylic oxidation sites excluding steroid dienone is 2. The summed E-state index contributed by atoms with van der Waals surface area (Å²) in [5.41, 5.74) is -0.0781. The maximum absolute atomic E-state index is 14.2. The first-order chi connectivity index (χ1) is 15.6. The first-order valence-corrected chi connectivity index (χ1v) is 13.7. The summed E-state index contributed by atoms with van der Waals surface area (Å²) in [5, 5.41) is 23.0. The van der Waals surface area contributed by atoms with Crippen LogP contribution in [0.25, 0.3) is 0 Å². The van der Waals surface area contributed by atoms with Crippen LogP contribution in [0.4, 0.5) is 0 Å². The fraction of sp³-hybridized carbons (Fsp3) is 0.867. The number of carbonyl (C=O) groups is 2. The Morgan fingerprint density at radius 2 is 1.59 bits per heavy atom. The third-order valence-corrected chi connectivity index (χ3v) is 13.0. The predicted molar refractivity (Wildman–Crippen MR) is 130 cm³/mol. The second-order valence-electron chi connectivity index (χ2n) is 14.9. The molecule has 0 heterocycles. The molecular formula is C30H45O4-. The molecule has 0 aromatic carbocycles. The van der Waals surface area contributed by atoms with Crippen molar-refractivity contribution in [3.63, 3.8) is 0 Å². The van der Waals surface area contributed by atoms with Crippen molar-refractivity contribution in [3.05, 3.63) is 11.6 Å². The highest BCUT2D eigenvalue weighted by Gasteiger charge is 2.70. The maximum Gasteiger partial charge on any atom is 0.159 e. The van der Waals surface area contributed by atoms with E-state index in [1.54, 1.807) is 0 Å². The standard InChI is InChI=1S/C30H46O4/c1-25(2)21-8-11-30(7)23(28(21,5)10-9-22(25)32)20(31)16-18-19-17-27(4,24(33)34)13-12-26(19,3)14-15-29(18,30)6/h16,19,21-23,32H,8-15,17H2,1-7H3,(H,33,34)/p-1/t19?,21?,22?,23?,26-,27+,28+,29-,30-/m1/s1. The molecule has 0 aliphatic heterocycles. The van der Waals surface area contributed by atoms with E-state index in [9.17, 15) is 19.8 Å². The fourth-order valence-corrected chi connectivity index (χ4v) is 10.4. The zero-order valence-corrected chi connectivity index (χ0v) is 22.4. The highest BCUT2D eigenvalue weighted by atomic mass is 16.4. The quantitative estimate of drug-likeness (QED) is 0.581. The van der Waals surface area contributed by atoms with E-state index in [2.05, 4.69) is 41.5 Å². The predicted octanol–water partition coefficient (Wildman–Crippen LogP) is 5.08. The maximum atomic E-state index is 14.2. The highest BCUT2D eigenvalue weighted by molar-refractivity contribution is 5.95. The Bertz CT molecular complexity index is 965. The summed E-state index contributed by atoms with van der Waals surface area (Å²) in [7, 11) is 0. The summed E-state index contributed by atoms with van der Waals surface area (Å²) in [4.78, 5) is 26.3. The topological polar surface area (TPSA) is 77.4 Å². The Kier molecular flexibility index (Phi) is 5.04. The molecule has 0 aromatic rings. The minimum Gasteiger partial charge on any atom is -0.550 e. The summed E-state index contributed by atoms with van der Waals surface area (Å²) in [6.45, 7) is 15.7. The van der Waals surface area contributed by atoms with Gasteiger partial charge in [0, 0.05) is 17.3 Å². The zero-order chi connectivity index (χ0) is 25.1. The van der Waals surface area contributed by atoms with E-state index in [1.165, 1.54) is 5.57 Å². The number of rotatable bonds is 1. The Balaban J connectivity index is 1.62. The van der Waals surface area contributed by atoms with Gasteiger partial charge in [-0.3, -0.25) is 4.79 Å². The summed E-state index contributed by atoms with van der Waals surface area (Å²) in [5.74, 6) is -0.266. The van der Waals surface area contributed by atoms with Crippen molar-refractivity contribution in [1.82, 2.24) is 0 Å². The van der Waals surface area contributed by atoms with Crippen LogP contribution >= 0.6 is 0 Å². The van der Waals surface area contributed by atoms with Crippen LogP contribution in [-0.4, -0.2) is 23.0 Å². The molecule has 0 saturated heterocycles. The molecule has 5 aliphatic rings. The van der Waals surface area contributed by atoms with Crippen LogP contribution in [0.2, 0.25) is 0 Å². The third kappa shape index (κ3) is 2.81. The van der Waals surface area contributed by atoms with Crippen molar-refractivity contribution < 1.29 is 19.8 Å². The number of hydrogen-bond acceptors (Lipinski definition) is 4. The molecule has 9 atom stereocenters. The number of aliphatic hydroxyl groups is 1. The minimum atomic E-state index is -0.940. The van der Waals surface area contributed by atoms with E-state index >= 15 is 0 Å². The van der Waals surface area contributed by atoms with Gasteiger partial charge in [-0.2, -0.15) is 0 Å². The number of hydrogen-bond donors (Lipinski definition) is 1.